The predicted molar refractivity (Wildman–Crippen MR) is 72.9 cm³/mol. The van der Waals surface area contributed by atoms with Gasteiger partial charge in [0.15, 0.2) is 11.5 Å². The zero-order valence-electron chi connectivity index (χ0n) is 11.2. The topological polar surface area (TPSA) is 46.3 Å². The normalized spacial score (nSPS) is 15.3. The number of amides is 1. The second-order valence-corrected chi connectivity index (χ2v) is 5.12. The Hall–Kier alpha value is -1.84. The Labute approximate surface area is 112 Å². The summed E-state index contributed by atoms with van der Waals surface area (Å²) in [4.78, 5) is 18.3. The monoisotopic (exact) mass is 258 g/mol. The molecule has 1 aliphatic heterocycles. The summed E-state index contributed by atoms with van der Waals surface area (Å²) in [5, 5.41) is 0. The number of hydrogen-bond donors (Lipinski definition) is 0. The average Bonchev–Trinajstić information content (AvgIpc) is 3.03. The van der Waals surface area contributed by atoms with Gasteiger partial charge in [-0.1, -0.05) is 6.07 Å². The van der Waals surface area contributed by atoms with Crippen LogP contribution in [0, 0.1) is 6.92 Å². The lowest BCUT2D eigenvalue weighted by atomic mass is 10.1. The molecule has 19 heavy (non-hydrogen) atoms. The van der Waals surface area contributed by atoms with Gasteiger partial charge in [0.25, 0.3) is 0 Å². The molecule has 0 bridgehead atoms. The van der Waals surface area contributed by atoms with E-state index in [1.54, 1.807) is 0 Å². The fourth-order valence-corrected chi connectivity index (χ4v) is 2.62. The Morgan fingerprint density at radius 2 is 2.16 bits per heavy atom. The third-order valence-corrected chi connectivity index (χ3v) is 3.65. The number of aromatic nitrogens is 1. The minimum absolute atomic E-state index is 0.272. The van der Waals surface area contributed by atoms with E-state index in [4.69, 9.17) is 4.42 Å². The van der Waals surface area contributed by atoms with E-state index in [0.29, 0.717) is 12.3 Å². The molecule has 0 unspecified atom stereocenters. The van der Waals surface area contributed by atoms with Gasteiger partial charge in [-0.2, -0.15) is 0 Å². The minimum Gasteiger partial charge on any atom is -0.441 e. The van der Waals surface area contributed by atoms with Gasteiger partial charge >= 0.3 is 0 Å². The van der Waals surface area contributed by atoms with Crippen molar-refractivity contribution in [2.75, 3.05) is 13.1 Å². The summed E-state index contributed by atoms with van der Waals surface area (Å²) in [7, 11) is 0. The fraction of sp³-hybridized carbons (Fsp3) is 0.467. The van der Waals surface area contributed by atoms with Gasteiger partial charge in [0.1, 0.15) is 5.52 Å². The number of carbonyl (C=O) groups is 1. The predicted octanol–water partition coefficient (Wildman–Crippen LogP) is 2.69. The summed E-state index contributed by atoms with van der Waals surface area (Å²) >= 11 is 0. The largest absolute Gasteiger partial charge is 0.441 e. The van der Waals surface area contributed by atoms with Crippen LogP contribution in [0.2, 0.25) is 0 Å². The zero-order chi connectivity index (χ0) is 13.2. The van der Waals surface area contributed by atoms with E-state index in [1.807, 2.05) is 30.0 Å². The summed E-state index contributed by atoms with van der Waals surface area (Å²) in [6, 6.07) is 5.97. The van der Waals surface area contributed by atoms with Gasteiger partial charge in [-0.15, -0.1) is 0 Å². The molecule has 2 heterocycles. The van der Waals surface area contributed by atoms with Crippen molar-refractivity contribution < 1.29 is 9.21 Å². The minimum atomic E-state index is 0.272. The van der Waals surface area contributed by atoms with E-state index in [0.717, 1.165) is 49.0 Å². The van der Waals surface area contributed by atoms with Crippen molar-refractivity contribution in [1.82, 2.24) is 9.88 Å². The fourth-order valence-electron chi connectivity index (χ4n) is 2.62. The highest BCUT2D eigenvalue weighted by molar-refractivity contribution is 5.77. The lowest BCUT2D eigenvalue weighted by Gasteiger charge is -2.14. The second kappa shape index (κ2) is 5.03. The number of fused-ring (bicyclic) bond motifs is 1. The Bertz CT molecular complexity index is 597. The molecule has 1 saturated heterocycles. The first kappa shape index (κ1) is 12.2. The third-order valence-electron chi connectivity index (χ3n) is 3.65. The maximum atomic E-state index is 12.0. The standard InChI is InChI=1S/C15H18N2O2/c1-11-16-13-10-12(4-6-14(13)19-11)5-7-15(18)17-8-2-3-9-17/h4,6,10H,2-3,5,7-9H2,1H3. The van der Waals surface area contributed by atoms with Crippen LogP contribution in [0.3, 0.4) is 0 Å². The summed E-state index contributed by atoms with van der Waals surface area (Å²) in [6.07, 6.45) is 3.66. The second-order valence-electron chi connectivity index (χ2n) is 5.12. The van der Waals surface area contributed by atoms with Crippen LogP contribution in [-0.2, 0) is 11.2 Å². The lowest BCUT2D eigenvalue weighted by molar-refractivity contribution is -0.130. The molecule has 1 amide bonds. The van der Waals surface area contributed by atoms with Crippen LogP contribution in [0.15, 0.2) is 22.6 Å². The molecular weight excluding hydrogens is 240 g/mol. The van der Waals surface area contributed by atoms with Crippen molar-refractivity contribution >= 4 is 17.0 Å². The molecule has 1 aliphatic rings. The van der Waals surface area contributed by atoms with Crippen LogP contribution in [0.5, 0.6) is 0 Å². The number of benzene rings is 1. The number of hydrogen-bond acceptors (Lipinski definition) is 3. The number of likely N-dealkylation sites (tertiary alicyclic amines) is 1. The highest BCUT2D eigenvalue weighted by atomic mass is 16.3. The molecule has 0 spiro atoms. The summed E-state index contributed by atoms with van der Waals surface area (Å²) in [5.74, 6) is 0.953. The molecule has 0 aliphatic carbocycles. The van der Waals surface area contributed by atoms with Gasteiger partial charge < -0.3 is 9.32 Å². The molecule has 0 radical (unpaired) electrons. The number of nitrogens with zero attached hydrogens (tertiary/aromatic N) is 2. The molecule has 1 fully saturated rings. The van der Waals surface area contributed by atoms with E-state index >= 15 is 0 Å². The van der Waals surface area contributed by atoms with Crippen LogP contribution in [0.4, 0.5) is 0 Å². The molecule has 4 heteroatoms. The number of rotatable bonds is 3. The Morgan fingerprint density at radius 3 is 2.95 bits per heavy atom. The van der Waals surface area contributed by atoms with Crippen molar-refractivity contribution in [3.05, 3.63) is 29.7 Å². The van der Waals surface area contributed by atoms with Crippen molar-refractivity contribution in [2.24, 2.45) is 0 Å². The van der Waals surface area contributed by atoms with Gasteiger partial charge in [0.2, 0.25) is 5.91 Å². The highest BCUT2D eigenvalue weighted by Gasteiger charge is 2.17. The maximum absolute atomic E-state index is 12.0. The lowest BCUT2D eigenvalue weighted by Crippen LogP contribution is -2.27. The third kappa shape index (κ3) is 2.62. The van der Waals surface area contributed by atoms with Gasteiger partial charge in [-0.05, 0) is 37.0 Å². The number of aryl methyl sites for hydroxylation is 2. The van der Waals surface area contributed by atoms with Crippen LogP contribution < -0.4 is 0 Å². The van der Waals surface area contributed by atoms with Crippen molar-refractivity contribution in [3.8, 4) is 0 Å². The van der Waals surface area contributed by atoms with Gasteiger partial charge in [-0.3, -0.25) is 4.79 Å². The molecule has 0 atom stereocenters. The molecule has 1 aromatic carbocycles. The first-order chi connectivity index (χ1) is 9.22. The summed E-state index contributed by atoms with van der Waals surface area (Å²) in [6.45, 7) is 3.71. The van der Waals surface area contributed by atoms with Crippen molar-refractivity contribution in [2.45, 2.75) is 32.6 Å². The first-order valence-electron chi connectivity index (χ1n) is 6.86. The molecule has 100 valence electrons. The zero-order valence-corrected chi connectivity index (χ0v) is 11.2. The van der Waals surface area contributed by atoms with Gasteiger partial charge in [0, 0.05) is 26.4 Å². The van der Waals surface area contributed by atoms with Crippen LogP contribution in [0.25, 0.3) is 11.1 Å². The Kier molecular flexibility index (Phi) is 3.23. The number of carbonyl (C=O) groups excluding carboxylic acids is 1. The van der Waals surface area contributed by atoms with Gasteiger partial charge in [-0.25, -0.2) is 4.98 Å². The van der Waals surface area contributed by atoms with E-state index in [1.165, 1.54) is 0 Å². The molecule has 2 aromatic rings. The molecule has 4 nitrogen and oxygen atoms in total. The van der Waals surface area contributed by atoms with Crippen LogP contribution >= 0.6 is 0 Å². The summed E-state index contributed by atoms with van der Waals surface area (Å²) in [5.41, 5.74) is 2.84. The number of oxazole rings is 1. The molecular formula is C15H18N2O2. The van der Waals surface area contributed by atoms with E-state index in [9.17, 15) is 4.79 Å². The smallest absolute Gasteiger partial charge is 0.222 e. The van der Waals surface area contributed by atoms with Crippen molar-refractivity contribution in [1.29, 1.82) is 0 Å². The van der Waals surface area contributed by atoms with E-state index in [2.05, 4.69) is 4.98 Å². The SMILES string of the molecule is Cc1nc2cc(CCC(=O)N3CCCC3)ccc2o1. The first-order valence-corrected chi connectivity index (χ1v) is 6.86. The molecule has 0 N–H and O–H groups in total. The van der Waals surface area contributed by atoms with Gasteiger partial charge in [0.05, 0.1) is 0 Å². The van der Waals surface area contributed by atoms with Crippen molar-refractivity contribution in [3.63, 3.8) is 0 Å². The van der Waals surface area contributed by atoms with Crippen LogP contribution in [0.1, 0.15) is 30.7 Å². The quantitative estimate of drug-likeness (QED) is 0.850. The van der Waals surface area contributed by atoms with Crippen LogP contribution in [-0.4, -0.2) is 28.9 Å². The maximum Gasteiger partial charge on any atom is 0.222 e. The van der Waals surface area contributed by atoms with E-state index < -0.39 is 0 Å². The van der Waals surface area contributed by atoms with E-state index in [-0.39, 0.29) is 5.91 Å². The molecule has 3 rings (SSSR count). The molecule has 1 aromatic heterocycles. The molecule has 0 saturated carbocycles. The Balaban J connectivity index is 1.65. The average molecular weight is 258 g/mol. The summed E-state index contributed by atoms with van der Waals surface area (Å²) < 4.78 is 5.44. The highest BCUT2D eigenvalue weighted by Crippen LogP contribution is 2.18. The Morgan fingerprint density at radius 1 is 1.37 bits per heavy atom.